The normalized spacial score (nSPS) is 13.6. The Morgan fingerprint density at radius 1 is 1.24 bits per heavy atom. The molecule has 25 heavy (non-hydrogen) atoms. The summed E-state index contributed by atoms with van der Waals surface area (Å²) in [6.45, 7) is 6.33. The molecule has 0 aliphatic heterocycles. The minimum atomic E-state index is -0.311. The molecule has 0 spiro atoms. The molecule has 6 heteroatoms. The van der Waals surface area contributed by atoms with Gasteiger partial charge in [0.25, 0.3) is 5.91 Å². The zero-order valence-corrected chi connectivity index (χ0v) is 15.3. The third-order valence-corrected chi connectivity index (χ3v) is 4.87. The molecule has 2 heterocycles. The number of nitrogens with zero attached hydrogens (tertiary/aromatic N) is 3. The predicted molar refractivity (Wildman–Crippen MR) is 99.0 cm³/mol. The molecule has 130 valence electrons. The predicted octanol–water partition coefficient (Wildman–Crippen LogP) is 4.39. The number of aromatic nitrogens is 3. The van der Waals surface area contributed by atoms with Gasteiger partial charge in [0.2, 0.25) is 0 Å². The summed E-state index contributed by atoms with van der Waals surface area (Å²) in [5.74, 6) is 0.220. The minimum Gasteiger partial charge on any atom is -0.344 e. The van der Waals surface area contributed by atoms with E-state index in [-0.39, 0.29) is 22.7 Å². The van der Waals surface area contributed by atoms with Crippen molar-refractivity contribution in [1.29, 1.82) is 0 Å². The monoisotopic (exact) mass is 356 g/mol. The molecule has 2 aromatic heterocycles. The van der Waals surface area contributed by atoms with E-state index in [1.807, 2.05) is 6.92 Å². The smallest absolute Gasteiger partial charge is 0.273 e. The van der Waals surface area contributed by atoms with Crippen molar-refractivity contribution < 1.29 is 4.79 Å². The van der Waals surface area contributed by atoms with Crippen LogP contribution in [0.3, 0.4) is 0 Å². The zero-order valence-electron chi connectivity index (χ0n) is 14.5. The molecule has 0 radical (unpaired) electrons. The summed E-state index contributed by atoms with van der Waals surface area (Å²) in [6, 6.07) is 9.94. The molecule has 0 aliphatic rings. The third kappa shape index (κ3) is 3.51. The van der Waals surface area contributed by atoms with Crippen LogP contribution in [0.15, 0.2) is 42.7 Å². The first-order chi connectivity index (χ1) is 12.0. The fourth-order valence-corrected chi connectivity index (χ4v) is 2.96. The Bertz CT molecular complexity index is 888. The van der Waals surface area contributed by atoms with Crippen LogP contribution in [-0.4, -0.2) is 20.5 Å². The maximum Gasteiger partial charge on any atom is 0.273 e. The number of rotatable bonds is 5. The van der Waals surface area contributed by atoms with Gasteiger partial charge in [-0.25, -0.2) is 9.50 Å². The number of halogens is 1. The van der Waals surface area contributed by atoms with Gasteiger partial charge in [-0.1, -0.05) is 49.7 Å². The highest BCUT2D eigenvalue weighted by molar-refractivity contribution is 6.36. The minimum absolute atomic E-state index is 0.146. The highest BCUT2D eigenvalue weighted by atomic mass is 35.5. The number of benzene rings is 1. The lowest BCUT2D eigenvalue weighted by Crippen LogP contribution is -2.27. The van der Waals surface area contributed by atoms with E-state index >= 15 is 0 Å². The Balaban J connectivity index is 1.76. The van der Waals surface area contributed by atoms with Crippen molar-refractivity contribution in [3.8, 4) is 0 Å². The van der Waals surface area contributed by atoms with Crippen LogP contribution in [0.5, 0.6) is 0 Å². The standard InChI is InChI=1S/C19H21ClN4O/c1-4-12(2)14-6-8-15(9-7-14)13(3)22-19(25)17-16(20)18-21-10-5-11-24(18)23-17/h5-13H,4H2,1-3H3,(H,22,25)/t12-,13+/m0/s1. The van der Waals surface area contributed by atoms with Crippen LogP contribution in [0.1, 0.15) is 60.8 Å². The molecular weight excluding hydrogens is 336 g/mol. The molecule has 0 aliphatic carbocycles. The van der Waals surface area contributed by atoms with Crippen LogP contribution in [0.25, 0.3) is 5.65 Å². The average molecular weight is 357 g/mol. The number of amides is 1. The summed E-state index contributed by atoms with van der Waals surface area (Å²) in [5, 5.41) is 7.43. The van der Waals surface area contributed by atoms with E-state index in [9.17, 15) is 4.79 Å². The Hall–Kier alpha value is -2.40. The van der Waals surface area contributed by atoms with Gasteiger partial charge in [0.05, 0.1) is 6.04 Å². The quantitative estimate of drug-likeness (QED) is 0.737. The lowest BCUT2D eigenvalue weighted by atomic mass is 9.96. The maximum absolute atomic E-state index is 12.5. The van der Waals surface area contributed by atoms with Crippen LogP contribution >= 0.6 is 11.6 Å². The number of carbonyl (C=O) groups excluding carboxylic acids is 1. The van der Waals surface area contributed by atoms with Crippen LogP contribution in [0, 0.1) is 0 Å². The molecule has 0 saturated carbocycles. The SMILES string of the molecule is CC[C@H](C)c1ccc([C@@H](C)NC(=O)c2nn3cccnc3c2Cl)cc1. The van der Waals surface area contributed by atoms with Crippen LogP contribution < -0.4 is 5.32 Å². The molecule has 1 amide bonds. The fourth-order valence-electron chi connectivity index (χ4n) is 2.70. The second kappa shape index (κ2) is 7.23. The Kier molecular flexibility index (Phi) is 5.04. The first kappa shape index (κ1) is 17.4. The van der Waals surface area contributed by atoms with Gasteiger partial charge in [-0.05, 0) is 36.5 Å². The van der Waals surface area contributed by atoms with Crippen LogP contribution in [0.2, 0.25) is 5.02 Å². The molecule has 3 rings (SSSR count). The van der Waals surface area contributed by atoms with Gasteiger partial charge >= 0.3 is 0 Å². The van der Waals surface area contributed by atoms with Gasteiger partial charge in [-0.2, -0.15) is 5.10 Å². The molecular formula is C19H21ClN4O. The molecule has 0 unspecified atom stereocenters. The summed E-state index contributed by atoms with van der Waals surface area (Å²) in [6.07, 6.45) is 4.43. The summed E-state index contributed by atoms with van der Waals surface area (Å²) < 4.78 is 1.50. The first-order valence-corrected chi connectivity index (χ1v) is 8.78. The van der Waals surface area contributed by atoms with E-state index in [1.54, 1.807) is 18.5 Å². The van der Waals surface area contributed by atoms with Crippen molar-refractivity contribution in [2.24, 2.45) is 0 Å². The summed E-state index contributed by atoms with van der Waals surface area (Å²) in [4.78, 5) is 16.7. The van der Waals surface area contributed by atoms with E-state index in [4.69, 9.17) is 11.6 Å². The van der Waals surface area contributed by atoms with Crippen molar-refractivity contribution in [2.75, 3.05) is 0 Å². The van der Waals surface area contributed by atoms with E-state index in [0.29, 0.717) is 11.6 Å². The fraction of sp³-hybridized carbons (Fsp3) is 0.316. The van der Waals surface area contributed by atoms with Crippen molar-refractivity contribution in [1.82, 2.24) is 19.9 Å². The van der Waals surface area contributed by atoms with Crippen molar-refractivity contribution in [2.45, 2.75) is 39.2 Å². The van der Waals surface area contributed by atoms with Crippen molar-refractivity contribution in [3.05, 3.63) is 64.6 Å². The van der Waals surface area contributed by atoms with Gasteiger partial charge in [-0.3, -0.25) is 4.79 Å². The number of nitrogens with one attached hydrogen (secondary N) is 1. The number of carbonyl (C=O) groups is 1. The summed E-state index contributed by atoms with van der Waals surface area (Å²) in [5.41, 5.74) is 3.00. The molecule has 1 aromatic carbocycles. The first-order valence-electron chi connectivity index (χ1n) is 8.40. The highest BCUT2D eigenvalue weighted by Gasteiger charge is 2.20. The number of hydrogen-bond acceptors (Lipinski definition) is 3. The lowest BCUT2D eigenvalue weighted by Gasteiger charge is -2.15. The second-order valence-corrected chi connectivity index (χ2v) is 6.60. The van der Waals surface area contributed by atoms with E-state index < -0.39 is 0 Å². The van der Waals surface area contributed by atoms with E-state index in [2.05, 4.69) is 53.5 Å². The lowest BCUT2D eigenvalue weighted by molar-refractivity contribution is 0.0934. The molecule has 2 atom stereocenters. The van der Waals surface area contributed by atoms with Gasteiger partial charge in [0, 0.05) is 12.4 Å². The summed E-state index contributed by atoms with van der Waals surface area (Å²) in [7, 11) is 0. The van der Waals surface area contributed by atoms with Crippen molar-refractivity contribution in [3.63, 3.8) is 0 Å². The topological polar surface area (TPSA) is 59.3 Å². The van der Waals surface area contributed by atoms with E-state index in [1.165, 1.54) is 10.1 Å². The zero-order chi connectivity index (χ0) is 18.0. The molecule has 0 saturated heterocycles. The highest BCUT2D eigenvalue weighted by Crippen LogP contribution is 2.23. The Morgan fingerprint density at radius 2 is 1.92 bits per heavy atom. The second-order valence-electron chi connectivity index (χ2n) is 6.22. The van der Waals surface area contributed by atoms with Gasteiger partial charge in [0.1, 0.15) is 5.02 Å². The van der Waals surface area contributed by atoms with Crippen molar-refractivity contribution >= 4 is 23.2 Å². The largest absolute Gasteiger partial charge is 0.344 e. The Morgan fingerprint density at radius 3 is 2.56 bits per heavy atom. The Labute approximate surface area is 152 Å². The molecule has 5 nitrogen and oxygen atoms in total. The van der Waals surface area contributed by atoms with Gasteiger partial charge in [-0.15, -0.1) is 0 Å². The molecule has 3 aromatic rings. The molecule has 0 fully saturated rings. The number of fused-ring (bicyclic) bond motifs is 1. The average Bonchev–Trinajstić information content (AvgIpc) is 2.98. The van der Waals surface area contributed by atoms with Crippen LogP contribution in [-0.2, 0) is 0 Å². The van der Waals surface area contributed by atoms with Crippen LogP contribution in [0.4, 0.5) is 0 Å². The molecule has 1 N–H and O–H groups in total. The van der Waals surface area contributed by atoms with E-state index in [0.717, 1.165) is 12.0 Å². The third-order valence-electron chi connectivity index (χ3n) is 4.52. The number of hydrogen-bond donors (Lipinski definition) is 1. The maximum atomic E-state index is 12.5. The summed E-state index contributed by atoms with van der Waals surface area (Å²) >= 11 is 6.25. The van der Waals surface area contributed by atoms with Gasteiger partial charge < -0.3 is 5.32 Å². The molecule has 0 bridgehead atoms. The van der Waals surface area contributed by atoms with Gasteiger partial charge in [0.15, 0.2) is 11.3 Å².